The fraction of sp³-hybridized carbons (Fsp3) is 0.111. The number of para-hydroxylation sites is 1. The number of hydrogen-bond donors (Lipinski definition) is 1. The predicted molar refractivity (Wildman–Crippen MR) is 58.9 cm³/mol. The molecule has 1 amide bonds. The second-order valence-corrected chi connectivity index (χ2v) is 3.46. The quantitative estimate of drug-likeness (QED) is 0.680. The van der Waals surface area contributed by atoms with Crippen LogP contribution in [0.5, 0.6) is 0 Å². The van der Waals surface area contributed by atoms with Crippen LogP contribution >= 0.6 is 27.5 Å². The van der Waals surface area contributed by atoms with Gasteiger partial charge in [0.2, 0.25) is 5.78 Å². The number of benzene rings is 1. The molecule has 1 aromatic carbocycles. The predicted octanol–water partition coefficient (Wildman–Crippen LogP) is 2.24. The van der Waals surface area contributed by atoms with Crippen LogP contribution in [0.3, 0.4) is 0 Å². The van der Waals surface area contributed by atoms with Gasteiger partial charge in [0.05, 0.1) is 16.0 Å². The standard InChI is InChI=1S/C9H7BrClNO2/c10-5-8(13)9(14)12-7-4-2-1-3-6(7)11/h1-4H,5H2,(H,12,14). The molecule has 1 N–H and O–H groups in total. The van der Waals surface area contributed by atoms with Gasteiger partial charge in [-0.3, -0.25) is 9.59 Å². The zero-order chi connectivity index (χ0) is 10.6. The second kappa shape index (κ2) is 5.12. The molecule has 1 rings (SSSR count). The third-order valence-corrected chi connectivity index (χ3v) is 2.34. The molecule has 14 heavy (non-hydrogen) atoms. The first-order valence-corrected chi connectivity index (χ1v) is 5.29. The largest absolute Gasteiger partial charge is 0.318 e. The highest BCUT2D eigenvalue weighted by Crippen LogP contribution is 2.20. The van der Waals surface area contributed by atoms with Gasteiger partial charge >= 0.3 is 0 Å². The molecule has 0 atom stereocenters. The van der Waals surface area contributed by atoms with E-state index in [9.17, 15) is 9.59 Å². The molecule has 0 aliphatic rings. The van der Waals surface area contributed by atoms with Crippen LogP contribution in [0.1, 0.15) is 0 Å². The molecule has 1 aromatic rings. The number of alkyl halides is 1. The summed E-state index contributed by atoms with van der Waals surface area (Å²) in [5.41, 5.74) is 0.438. The Kier molecular flexibility index (Phi) is 4.10. The van der Waals surface area contributed by atoms with E-state index in [-0.39, 0.29) is 5.33 Å². The topological polar surface area (TPSA) is 46.2 Å². The minimum Gasteiger partial charge on any atom is -0.318 e. The number of ketones is 1. The highest BCUT2D eigenvalue weighted by Gasteiger charge is 2.12. The molecule has 0 spiro atoms. The van der Waals surface area contributed by atoms with Gasteiger partial charge in [-0.1, -0.05) is 39.7 Å². The summed E-state index contributed by atoms with van der Waals surface area (Å²) < 4.78 is 0. The number of rotatable bonds is 3. The molecule has 0 saturated carbocycles. The molecule has 5 heteroatoms. The monoisotopic (exact) mass is 275 g/mol. The number of nitrogens with one attached hydrogen (secondary N) is 1. The van der Waals surface area contributed by atoms with Crippen molar-refractivity contribution >= 4 is 44.9 Å². The molecule has 0 bridgehead atoms. The molecular weight excluding hydrogens is 269 g/mol. The van der Waals surface area contributed by atoms with E-state index in [2.05, 4.69) is 21.2 Å². The first kappa shape index (κ1) is 11.2. The van der Waals surface area contributed by atoms with Gasteiger partial charge in [0.25, 0.3) is 5.91 Å². The zero-order valence-corrected chi connectivity index (χ0v) is 9.43. The van der Waals surface area contributed by atoms with E-state index < -0.39 is 11.7 Å². The van der Waals surface area contributed by atoms with Crippen LogP contribution in [-0.4, -0.2) is 17.0 Å². The van der Waals surface area contributed by atoms with Gasteiger partial charge in [-0.25, -0.2) is 0 Å². The number of amides is 1. The average Bonchev–Trinajstić information content (AvgIpc) is 2.20. The lowest BCUT2D eigenvalue weighted by atomic mass is 10.3. The second-order valence-electron chi connectivity index (χ2n) is 2.49. The Morgan fingerprint density at radius 1 is 1.36 bits per heavy atom. The van der Waals surface area contributed by atoms with Crippen LogP contribution in [-0.2, 0) is 9.59 Å². The fourth-order valence-corrected chi connectivity index (χ4v) is 1.25. The normalized spacial score (nSPS) is 9.57. The van der Waals surface area contributed by atoms with Crippen molar-refractivity contribution in [3.63, 3.8) is 0 Å². The lowest BCUT2D eigenvalue weighted by molar-refractivity contribution is -0.133. The minimum absolute atomic E-state index is 0.00326. The zero-order valence-electron chi connectivity index (χ0n) is 7.09. The van der Waals surface area contributed by atoms with E-state index in [1.165, 1.54) is 0 Å². The van der Waals surface area contributed by atoms with Crippen molar-refractivity contribution in [1.29, 1.82) is 0 Å². The Balaban J connectivity index is 2.75. The Hall–Kier alpha value is -0.870. The van der Waals surface area contributed by atoms with Crippen molar-refractivity contribution in [3.8, 4) is 0 Å². The van der Waals surface area contributed by atoms with Gasteiger partial charge in [0.15, 0.2) is 0 Å². The van der Waals surface area contributed by atoms with E-state index in [1.807, 2.05) is 0 Å². The lowest BCUT2D eigenvalue weighted by Gasteiger charge is -2.04. The van der Waals surface area contributed by atoms with E-state index in [4.69, 9.17) is 11.6 Å². The number of carbonyl (C=O) groups is 2. The van der Waals surface area contributed by atoms with Crippen molar-refractivity contribution in [3.05, 3.63) is 29.3 Å². The van der Waals surface area contributed by atoms with Gasteiger partial charge in [-0.15, -0.1) is 0 Å². The lowest BCUT2D eigenvalue weighted by Crippen LogP contribution is -2.23. The highest BCUT2D eigenvalue weighted by molar-refractivity contribution is 9.09. The summed E-state index contributed by atoms with van der Waals surface area (Å²) in [6.45, 7) is 0. The first-order chi connectivity index (χ1) is 6.65. The van der Waals surface area contributed by atoms with Crippen molar-refractivity contribution in [2.75, 3.05) is 10.6 Å². The molecule has 0 aromatic heterocycles. The Bertz CT molecular complexity index is 368. The molecule has 0 unspecified atom stereocenters. The highest BCUT2D eigenvalue weighted by atomic mass is 79.9. The molecule has 74 valence electrons. The molecular formula is C9H7BrClNO2. The summed E-state index contributed by atoms with van der Waals surface area (Å²) in [5.74, 6) is -1.21. The Labute approximate surface area is 94.6 Å². The van der Waals surface area contributed by atoms with Gasteiger partial charge in [-0.05, 0) is 12.1 Å². The summed E-state index contributed by atoms with van der Waals surface area (Å²) in [4.78, 5) is 22.1. The van der Waals surface area contributed by atoms with Crippen LogP contribution in [0.4, 0.5) is 5.69 Å². The molecule has 3 nitrogen and oxygen atoms in total. The van der Waals surface area contributed by atoms with E-state index in [1.54, 1.807) is 24.3 Å². The summed E-state index contributed by atoms with van der Waals surface area (Å²) in [6, 6.07) is 6.72. The summed E-state index contributed by atoms with van der Waals surface area (Å²) in [6.07, 6.45) is 0. The number of hydrogen-bond acceptors (Lipinski definition) is 2. The molecule has 0 saturated heterocycles. The molecule has 0 heterocycles. The Morgan fingerprint density at radius 3 is 2.57 bits per heavy atom. The summed E-state index contributed by atoms with van der Waals surface area (Å²) >= 11 is 8.68. The van der Waals surface area contributed by atoms with Crippen molar-refractivity contribution in [1.82, 2.24) is 0 Å². The van der Waals surface area contributed by atoms with Gasteiger partial charge in [0.1, 0.15) is 0 Å². The van der Waals surface area contributed by atoms with Crippen molar-refractivity contribution in [2.24, 2.45) is 0 Å². The summed E-state index contributed by atoms with van der Waals surface area (Å²) in [5, 5.41) is 2.82. The maximum atomic E-state index is 11.1. The fourth-order valence-electron chi connectivity index (χ4n) is 0.815. The van der Waals surface area contributed by atoms with Gasteiger partial charge in [-0.2, -0.15) is 0 Å². The third kappa shape index (κ3) is 2.82. The van der Waals surface area contributed by atoms with Crippen LogP contribution < -0.4 is 5.32 Å². The van der Waals surface area contributed by atoms with Crippen LogP contribution in [0, 0.1) is 0 Å². The van der Waals surface area contributed by atoms with Crippen LogP contribution in [0.15, 0.2) is 24.3 Å². The third-order valence-electron chi connectivity index (χ3n) is 1.50. The first-order valence-electron chi connectivity index (χ1n) is 3.80. The smallest absolute Gasteiger partial charge is 0.292 e. The average molecular weight is 277 g/mol. The van der Waals surface area contributed by atoms with Crippen molar-refractivity contribution in [2.45, 2.75) is 0 Å². The van der Waals surface area contributed by atoms with Crippen LogP contribution in [0.25, 0.3) is 0 Å². The molecule has 0 aliphatic heterocycles. The number of anilines is 1. The minimum atomic E-state index is -0.671. The van der Waals surface area contributed by atoms with Gasteiger partial charge in [0, 0.05) is 0 Å². The van der Waals surface area contributed by atoms with Gasteiger partial charge < -0.3 is 5.32 Å². The Morgan fingerprint density at radius 2 is 2.00 bits per heavy atom. The number of halogens is 2. The number of Topliss-reactive ketones (excluding diaryl/α,β-unsaturated/α-hetero) is 1. The SMILES string of the molecule is O=C(CBr)C(=O)Nc1ccccc1Cl. The van der Waals surface area contributed by atoms with Crippen molar-refractivity contribution < 1.29 is 9.59 Å². The van der Waals surface area contributed by atoms with E-state index in [0.717, 1.165) is 0 Å². The maximum Gasteiger partial charge on any atom is 0.292 e. The maximum absolute atomic E-state index is 11.1. The van der Waals surface area contributed by atoms with E-state index in [0.29, 0.717) is 10.7 Å². The molecule has 0 aliphatic carbocycles. The summed E-state index contributed by atoms with van der Waals surface area (Å²) in [7, 11) is 0. The van der Waals surface area contributed by atoms with Crippen LogP contribution in [0.2, 0.25) is 5.02 Å². The van der Waals surface area contributed by atoms with E-state index >= 15 is 0 Å². The molecule has 0 fully saturated rings. The molecule has 0 radical (unpaired) electrons. The number of carbonyl (C=O) groups excluding carboxylic acids is 2.